The summed E-state index contributed by atoms with van der Waals surface area (Å²) >= 11 is 0. The molecule has 0 aliphatic carbocycles. The van der Waals surface area contributed by atoms with Gasteiger partial charge in [0.05, 0.1) is 60.7 Å². The molecule has 0 spiro atoms. The van der Waals surface area contributed by atoms with Crippen molar-refractivity contribution in [1.29, 1.82) is 0 Å². The van der Waals surface area contributed by atoms with E-state index in [9.17, 15) is 0 Å². The van der Waals surface area contributed by atoms with Gasteiger partial charge in [-0.3, -0.25) is 4.98 Å². The van der Waals surface area contributed by atoms with Gasteiger partial charge in [0.2, 0.25) is 0 Å². The summed E-state index contributed by atoms with van der Waals surface area (Å²) in [6, 6.07) is 99.6. The molecule has 0 saturated heterocycles. The zero-order valence-corrected chi connectivity index (χ0v) is 41.7. The standard InChI is InChI=1S/C71H46N6/c1-5-22-47(23-6-1)73-63-35-17-18-36-64(63)74(48-24-7-2-8-25-48)68-44-58-55-32-21-41-72-71(55)60-46-70-69(75(49-26-9-3-10-27-49)65-37-19-20-38-66(65)76(70)50-28-11-4-12-29-50)45-59(60)56-42-51(39-40-52(56)57(58)43-67(68)73)77-61-33-15-13-30-53(61)54-31-14-16-34-62(54)77/h1-46H. The normalized spacial score (nSPS) is 11.9. The molecule has 0 saturated carbocycles. The monoisotopic (exact) mass is 982 g/mol. The quantitative estimate of drug-likeness (QED) is 0.158. The van der Waals surface area contributed by atoms with Crippen molar-refractivity contribution in [1.82, 2.24) is 27.8 Å². The molecule has 0 aliphatic heterocycles. The maximum atomic E-state index is 5.48. The number of hydrogen-bond donors (Lipinski definition) is 0. The molecular formula is C71H46N6. The van der Waals surface area contributed by atoms with Crippen molar-refractivity contribution in [2.75, 3.05) is 0 Å². The first kappa shape index (κ1) is 43.0. The topological polar surface area (TPSA) is 37.5 Å². The second-order valence-electron chi connectivity index (χ2n) is 19.9. The van der Waals surface area contributed by atoms with Crippen LogP contribution in [0.1, 0.15) is 0 Å². The number of nitrogens with zero attached hydrogens (tertiary/aromatic N) is 6. The van der Waals surface area contributed by atoms with Gasteiger partial charge in [0.15, 0.2) is 0 Å². The highest BCUT2D eigenvalue weighted by molar-refractivity contribution is 6.28. The number of rotatable bonds is 5. The van der Waals surface area contributed by atoms with Gasteiger partial charge < -0.3 is 22.8 Å². The molecule has 0 unspecified atom stereocenters. The van der Waals surface area contributed by atoms with E-state index >= 15 is 0 Å². The maximum Gasteiger partial charge on any atom is 0.0787 e. The van der Waals surface area contributed by atoms with Crippen LogP contribution in [0.2, 0.25) is 0 Å². The fraction of sp³-hybridized carbons (Fsp3) is 0. The molecule has 0 N–H and O–H groups in total. The molecular weight excluding hydrogens is 937 g/mol. The number of pyridine rings is 1. The van der Waals surface area contributed by atoms with Gasteiger partial charge in [-0.1, -0.05) is 146 Å². The molecule has 0 bridgehead atoms. The Labute approximate surface area is 442 Å². The van der Waals surface area contributed by atoms with Crippen LogP contribution < -0.4 is 0 Å². The summed E-state index contributed by atoms with van der Waals surface area (Å²) in [6.07, 6.45) is 1.96. The van der Waals surface area contributed by atoms with Crippen molar-refractivity contribution in [2.45, 2.75) is 0 Å². The summed E-state index contributed by atoms with van der Waals surface area (Å²) in [7, 11) is 0. The number of benzene rings is 11. The first-order valence-corrected chi connectivity index (χ1v) is 26.3. The van der Waals surface area contributed by atoms with E-state index in [2.05, 4.69) is 296 Å². The Kier molecular flexibility index (Phi) is 9.53. The summed E-state index contributed by atoms with van der Waals surface area (Å²) in [5.74, 6) is 0. The molecule has 0 fully saturated rings. The fourth-order valence-corrected chi connectivity index (χ4v) is 12.5. The predicted octanol–water partition coefficient (Wildman–Crippen LogP) is 18.3. The first-order valence-electron chi connectivity index (χ1n) is 26.3. The minimum atomic E-state index is 0.917. The lowest BCUT2D eigenvalue weighted by molar-refractivity contribution is 1.09. The third-order valence-corrected chi connectivity index (χ3v) is 15.8. The SMILES string of the molecule is c1ccc(-n2c3ccccc3n(-c3ccccc3)c3cc4c(cc32)c2ccc(-n3c5ccccc5c5ccccc53)cc2c2cc3c(cc2c2ncccc42)n(-c2ccccc2)c2ccccc2n3-c2ccccc2)cc1. The van der Waals surface area contributed by atoms with Crippen LogP contribution in [-0.4, -0.2) is 27.8 Å². The third kappa shape index (κ3) is 6.52. The Morgan fingerprint density at radius 2 is 0.494 bits per heavy atom. The van der Waals surface area contributed by atoms with Crippen molar-refractivity contribution in [3.63, 3.8) is 0 Å². The second kappa shape index (κ2) is 17.1. The zero-order chi connectivity index (χ0) is 50.6. The summed E-state index contributed by atoms with van der Waals surface area (Å²) < 4.78 is 12.2. The van der Waals surface area contributed by atoms with Crippen LogP contribution in [0.5, 0.6) is 0 Å². The number of fused-ring (bicyclic) bond motifs is 15. The number of hydrogen-bond acceptors (Lipinski definition) is 1. The molecule has 0 radical (unpaired) electrons. The predicted molar refractivity (Wildman–Crippen MR) is 322 cm³/mol. The largest absolute Gasteiger partial charge is 0.309 e. The minimum absolute atomic E-state index is 0.917. The zero-order valence-electron chi connectivity index (χ0n) is 41.7. The lowest BCUT2D eigenvalue weighted by Gasteiger charge is -2.24. The maximum absolute atomic E-state index is 5.48. The lowest BCUT2D eigenvalue weighted by atomic mass is 9.94. The number of aromatic nitrogens is 6. The molecule has 77 heavy (non-hydrogen) atoms. The van der Waals surface area contributed by atoms with Gasteiger partial charge in [-0.15, -0.1) is 0 Å². The van der Waals surface area contributed by atoms with Crippen molar-refractivity contribution in [3.05, 3.63) is 279 Å². The summed E-state index contributed by atoms with van der Waals surface area (Å²) in [5, 5.41) is 10.1. The highest BCUT2D eigenvalue weighted by Crippen LogP contribution is 2.43. The smallest absolute Gasteiger partial charge is 0.0787 e. The Hall–Kier alpha value is -10.4. The van der Waals surface area contributed by atoms with E-state index in [1.807, 2.05) is 6.20 Å². The van der Waals surface area contributed by atoms with Gasteiger partial charge in [-0.05, 0) is 154 Å². The molecule has 12 aromatic carbocycles. The molecule has 0 aliphatic rings. The number of para-hydroxylation sites is 10. The molecule has 360 valence electrons. The van der Waals surface area contributed by atoms with Crippen LogP contribution in [0.25, 0.3) is 138 Å². The molecule has 0 atom stereocenters. The summed E-state index contributed by atoms with van der Waals surface area (Å²) in [5.41, 5.74) is 17.3. The Balaban J connectivity index is 1.18. The minimum Gasteiger partial charge on any atom is -0.309 e. The van der Waals surface area contributed by atoms with E-state index in [0.717, 1.165) is 127 Å². The Bertz CT molecular complexity index is 5010. The third-order valence-electron chi connectivity index (χ3n) is 15.8. The average Bonchev–Trinajstić information content (AvgIpc) is 3.93. The van der Waals surface area contributed by atoms with E-state index in [0.29, 0.717) is 0 Å². The summed E-state index contributed by atoms with van der Waals surface area (Å²) in [4.78, 5) is 5.48. The average molecular weight is 983 g/mol. The highest BCUT2D eigenvalue weighted by atomic mass is 15.1. The van der Waals surface area contributed by atoms with Crippen LogP contribution in [-0.2, 0) is 0 Å². The van der Waals surface area contributed by atoms with Crippen LogP contribution in [0, 0.1) is 0 Å². The van der Waals surface area contributed by atoms with Gasteiger partial charge >= 0.3 is 0 Å². The van der Waals surface area contributed by atoms with Crippen molar-refractivity contribution in [3.8, 4) is 28.4 Å². The molecule has 6 heteroatoms. The molecule has 6 nitrogen and oxygen atoms in total. The summed E-state index contributed by atoms with van der Waals surface area (Å²) in [6.45, 7) is 0. The second-order valence-corrected chi connectivity index (χ2v) is 19.9. The van der Waals surface area contributed by atoms with E-state index in [-0.39, 0.29) is 0 Å². The molecule has 16 rings (SSSR count). The molecule has 0 amide bonds. The van der Waals surface area contributed by atoms with E-state index in [1.165, 1.54) is 10.8 Å². The van der Waals surface area contributed by atoms with Crippen LogP contribution >= 0.6 is 0 Å². The lowest BCUT2D eigenvalue weighted by Crippen LogP contribution is -2.08. The highest BCUT2D eigenvalue weighted by Gasteiger charge is 2.22. The van der Waals surface area contributed by atoms with Crippen LogP contribution in [0.4, 0.5) is 0 Å². The van der Waals surface area contributed by atoms with Crippen LogP contribution in [0.15, 0.2) is 279 Å². The van der Waals surface area contributed by atoms with Gasteiger partial charge in [0, 0.05) is 56.2 Å². The van der Waals surface area contributed by atoms with E-state index < -0.39 is 0 Å². The van der Waals surface area contributed by atoms with Crippen molar-refractivity contribution < 1.29 is 0 Å². The van der Waals surface area contributed by atoms with E-state index in [1.54, 1.807) is 0 Å². The first-order chi connectivity index (χ1) is 38.2. The van der Waals surface area contributed by atoms with E-state index in [4.69, 9.17) is 4.98 Å². The van der Waals surface area contributed by atoms with Gasteiger partial charge in [-0.2, -0.15) is 0 Å². The molecule has 4 heterocycles. The van der Waals surface area contributed by atoms with Gasteiger partial charge in [-0.25, -0.2) is 0 Å². The Morgan fingerprint density at radius 1 is 0.182 bits per heavy atom. The van der Waals surface area contributed by atoms with Gasteiger partial charge in [0.25, 0.3) is 0 Å². The van der Waals surface area contributed by atoms with Crippen LogP contribution in [0.3, 0.4) is 0 Å². The molecule has 16 aromatic rings. The molecule has 4 aromatic heterocycles. The van der Waals surface area contributed by atoms with Crippen molar-refractivity contribution >= 4 is 109 Å². The fourth-order valence-electron chi connectivity index (χ4n) is 12.5. The van der Waals surface area contributed by atoms with Gasteiger partial charge in [0.1, 0.15) is 0 Å². The van der Waals surface area contributed by atoms with Crippen molar-refractivity contribution in [2.24, 2.45) is 0 Å². The Morgan fingerprint density at radius 3 is 0.922 bits per heavy atom.